The largest absolute Gasteiger partial charge is 0.0766 e. The van der Waals surface area contributed by atoms with Crippen molar-refractivity contribution in [3.8, 4) is 0 Å². The van der Waals surface area contributed by atoms with Gasteiger partial charge in [-0.2, -0.15) is 0 Å². The van der Waals surface area contributed by atoms with E-state index in [-0.39, 0.29) is 8.27 Å². The normalized spacial score (nSPS) is 24.4. The zero-order valence-corrected chi connectivity index (χ0v) is 28.4. The van der Waals surface area contributed by atoms with E-state index in [0.29, 0.717) is 5.92 Å². The van der Waals surface area contributed by atoms with Crippen molar-refractivity contribution < 1.29 is 2.85 Å². The molecule has 0 heteroatoms. The summed E-state index contributed by atoms with van der Waals surface area (Å²) in [7, 11) is 0. The predicted octanol–water partition coefficient (Wildman–Crippen LogP) is 13.2. The van der Waals surface area contributed by atoms with Gasteiger partial charge in [-0.15, -0.1) is 0 Å². The van der Waals surface area contributed by atoms with Crippen LogP contribution in [0.3, 0.4) is 0 Å². The molecule has 0 amide bonds. The number of fused-ring (bicyclic) bond motifs is 1. The maximum atomic E-state index is 2.59. The minimum absolute atomic E-state index is 0. The fourth-order valence-corrected chi connectivity index (χ4v) is 8.43. The molecule has 0 bridgehead atoms. The Hall–Kier alpha value is -3.38. The summed E-state index contributed by atoms with van der Waals surface area (Å²) in [6.07, 6.45) is 33.2. The van der Waals surface area contributed by atoms with Crippen molar-refractivity contribution in [2.75, 3.05) is 0 Å². The lowest BCUT2D eigenvalue weighted by atomic mass is 9.73. The molecule has 0 N–H and O–H groups in total. The molecule has 238 valence electrons. The Labute approximate surface area is 277 Å². The molecular weight excluding hydrogens is 540 g/mol. The van der Waals surface area contributed by atoms with Gasteiger partial charge in [0, 0.05) is 14.2 Å². The third-order valence-electron chi connectivity index (χ3n) is 11.2. The molecule has 0 heterocycles. The third-order valence-corrected chi connectivity index (χ3v) is 11.2. The van der Waals surface area contributed by atoms with E-state index in [1.54, 1.807) is 11.1 Å². The summed E-state index contributed by atoms with van der Waals surface area (Å²) in [6.45, 7) is 8.69. The summed E-state index contributed by atoms with van der Waals surface area (Å²) in [5.74, 6) is 1.04. The standard InChI is InChI=1S/C43H48.C2H6.2H2/c1-3-32-18-20-36(21-19-32)41-29-37-23-22-35(34-16-10-5-4-6-11-17-34)24-26-40(37)42(41)39-27-25-38-30-43(38,31(39)2)28-12-15-33-13-8-7-9-14-33;1-2;;/h7-9,13-14,18-22,24-27,29-30,34,42H,3-6,10-12,15-17,23,28H2,1-2H3;1-2H3;2*1H. The smallest absolute Gasteiger partial charge is 0.0348 e. The van der Waals surface area contributed by atoms with Crippen LogP contribution in [-0.4, -0.2) is 0 Å². The maximum absolute atomic E-state index is 2.59. The molecule has 45 heavy (non-hydrogen) atoms. The van der Waals surface area contributed by atoms with Crippen molar-refractivity contribution in [1.82, 2.24) is 0 Å². The van der Waals surface area contributed by atoms with Crippen molar-refractivity contribution in [3.05, 3.63) is 147 Å². The van der Waals surface area contributed by atoms with Gasteiger partial charge in [-0.25, -0.2) is 0 Å². The highest BCUT2D eigenvalue weighted by atomic mass is 14.5. The Balaban J connectivity index is 0.00000123. The molecule has 0 radical (unpaired) electrons. The Morgan fingerprint density at radius 2 is 1.49 bits per heavy atom. The van der Waals surface area contributed by atoms with Gasteiger partial charge < -0.3 is 0 Å². The van der Waals surface area contributed by atoms with Crippen molar-refractivity contribution in [1.29, 1.82) is 0 Å². The summed E-state index contributed by atoms with van der Waals surface area (Å²) in [6, 6.07) is 20.4. The number of rotatable bonds is 8. The third kappa shape index (κ3) is 6.63. The van der Waals surface area contributed by atoms with E-state index < -0.39 is 0 Å². The summed E-state index contributed by atoms with van der Waals surface area (Å²) in [5.41, 5.74) is 15.2. The Bertz CT molecular complexity index is 1570. The molecule has 0 aromatic heterocycles. The molecule has 5 aliphatic carbocycles. The van der Waals surface area contributed by atoms with Gasteiger partial charge in [0.05, 0.1) is 0 Å². The molecule has 2 unspecified atom stereocenters. The first kappa shape index (κ1) is 31.6. The molecule has 0 saturated heterocycles. The Morgan fingerprint density at radius 1 is 0.778 bits per heavy atom. The molecule has 2 aromatic rings. The highest BCUT2D eigenvalue weighted by Crippen LogP contribution is 2.60. The van der Waals surface area contributed by atoms with E-state index in [9.17, 15) is 0 Å². The number of hydrogen-bond donors (Lipinski definition) is 0. The minimum atomic E-state index is 0. The lowest BCUT2D eigenvalue weighted by molar-refractivity contribution is 0.424. The van der Waals surface area contributed by atoms with Gasteiger partial charge in [-0.3, -0.25) is 0 Å². The van der Waals surface area contributed by atoms with E-state index in [1.165, 1.54) is 102 Å². The Morgan fingerprint density at radius 3 is 2.22 bits per heavy atom. The highest BCUT2D eigenvalue weighted by Gasteiger charge is 2.47. The monoisotopic (exact) mass is 598 g/mol. The second-order valence-corrected chi connectivity index (χ2v) is 13.7. The van der Waals surface area contributed by atoms with Crippen LogP contribution in [-0.2, 0) is 12.8 Å². The van der Waals surface area contributed by atoms with E-state index in [1.807, 2.05) is 13.8 Å². The number of allylic oxidation sites excluding steroid dienone is 14. The molecule has 5 aliphatic rings. The molecule has 2 aromatic carbocycles. The topological polar surface area (TPSA) is 0 Å². The van der Waals surface area contributed by atoms with Crippen molar-refractivity contribution >= 4 is 5.57 Å². The molecule has 1 fully saturated rings. The maximum Gasteiger partial charge on any atom is 0.0348 e. The molecular formula is C45H58. The minimum Gasteiger partial charge on any atom is -0.0766 e. The van der Waals surface area contributed by atoms with Gasteiger partial charge in [0.2, 0.25) is 0 Å². The van der Waals surface area contributed by atoms with Crippen LogP contribution in [0.15, 0.2) is 131 Å². The fraction of sp³-hybridized carbons (Fsp3) is 0.422. The van der Waals surface area contributed by atoms with Crippen LogP contribution in [0.25, 0.3) is 5.57 Å². The summed E-state index contributed by atoms with van der Waals surface area (Å²) in [5, 5.41) is 0. The van der Waals surface area contributed by atoms with Crippen LogP contribution in [0.1, 0.15) is 111 Å². The lowest BCUT2D eigenvalue weighted by Gasteiger charge is -2.30. The number of aryl methyl sites for hydroxylation is 2. The van der Waals surface area contributed by atoms with Crippen LogP contribution >= 0.6 is 0 Å². The van der Waals surface area contributed by atoms with E-state index in [0.717, 1.165) is 25.2 Å². The average Bonchev–Trinajstić information content (AvgIpc) is 3.75. The van der Waals surface area contributed by atoms with E-state index in [2.05, 4.69) is 111 Å². The lowest BCUT2D eigenvalue weighted by Crippen LogP contribution is -2.17. The molecule has 0 spiro atoms. The summed E-state index contributed by atoms with van der Waals surface area (Å²) < 4.78 is 0. The zero-order chi connectivity index (χ0) is 31.2. The summed E-state index contributed by atoms with van der Waals surface area (Å²) in [4.78, 5) is 0. The molecule has 0 aliphatic heterocycles. The zero-order valence-electron chi connectivity index (χ0n) is 28.4. The number of hydrogen-bond acceptors (Lipinski definition) is 0. The second-order valence-electron chi connectivity index (χ2n) is 13.7. The van der Waals surface area contributed by atoms with Gasteiger partial charge in [0.1, 0.15) is 0 Å². The first-order valence-electron chi connectivity index (χ1n) is 18.2. The molecule has 0 nitrogen and oxygen atoms in total. The van der Waals surface area contributed by atoms with Crippen molar-refractivity contribution in [2.24, 2.45) is 17.3 Å². The predicted molar refractivity (Wildman–Crippen MR) is 199 cm³/mol. The van der Waals surface area contributed by atoms with Crippen LogP contribution in [0.2, 0.25) is 0 Å². The fourth-order valence-electron chi connectivity index (χ4n) is 8.43. The van der Waals surface area contributed by atoms with Crippen molar-refractivity contribution in [3.63, 3.8) is 0 Å². The van der Waals surface area contributed by atoms with E-state index in [4.69, 9.17) is 0 Å². The van der Waals surface area contributed by atoms with E-state index >= 15 is 0 Å². The first-order valence-corrected chi connectivity index (χ1v) is 18.2. The molecule has 7 rings (SSSR count). The number of benzene rings is 2. The SMILES string of the molecule is CC.CCc1ccc(C2=CC3=C(C=CC(C4CCCCCCC4)=CC3)C2C2=C(C)C3(CCCc4ccccc4)C=C3C=C2)cc1.[HH].[HH]. The van der Waals surface area contributed by atoms with Gasteiger partial charge in [0.15, 0.2) is 0 Å². The first-order chi connectivity index (χ1) is 22.2. The Kier molecular flexibility index (Phi) is 10.1. The van der Waals surface area contributed by atoms with Gasteiger partial charge in [-0.1, -0.05) is 156 Å². The van der Waals surface area contributed by atoms with Gasteiger partial charge >= 0.3 is 0 Å². The second kappa shape index (κ2) is 14.4. The molecule has 1 saturated carbocycles. The average molecular weight is 599 g/mol. The quantitative estimate of drug-likeness (QED) is 0.283. The van der Waals surface area contributed by atoms with Crippen LogP contribution in [0, 0.1) is 17.3 Å². The highest BCUT2D eigenvalue weighted by molar-refractivity contribution is 5.83. The van der Waals surface area contributed by atoms with Crippen molar-refractivity contribution in [2.45, 2.75) is 105 Å². The van der Waals surface area contributed by atoms with Gasteiger partial charge in [0.25, 0.3) is 0 Å². The van der Waals surface area contributed by atoms with Crippen LogP contribution in [0.5, 0.6) is 0 Å². The van der Waals surface area contributed by atoms with Crippen LogP contribution in [0.4, 0.5) is 0 Å². The summed E-state index contributed by atoms with van der Waals surface area (Å²) >= 11 is 0. The van der Waals surface area contributed by atoms with Gasteiger partial charge in [-0.05, 0) is 108 Å². The molecule has 2 atom stereocenters. The van der Waals surface area contributed by atoms with Crippen LogP contribution < -0.4 is 0 Å².